The number of hydrogen-bond donors (Lipinski definition) is 3. The van der Waals surface area contributed by atoms with Crippen LogP contribution in [0.25, 0.3) is 0 Å². The Labute approximate surface area is 96.9 Å². The molecule has 0 bridgehead atoms. The third-order valence-corrected chi connectivity index (χ3v) is 1.77. The van der Waals surface area contributed by atoms with Crippen molar-refractivity contribution >= 4 is 29.1 Å². The van der Waals surface area contributed by atoms with E-state index in [1.807, 2.05) is 0 Å². The Bertz CT molecular complexity index is 383. The number of carbonyl (C=O) groups is 1. The molecule has 16 heavy (non-hydrogen) atoms. The van der Waals surface area contributed by atoms with Gasteiger partial charge in [-0.3, -0.25) is 5.43 Å². The van der Waals surface area contributed by atoms with Crippen LogP contribution in [0.15, 0.2) is 24.3 Å². The zero-order valence-corrected chi connectivity index (χ0v) is 9.23. The van der Waals surface area contributed by atoms with Gasteiger partial charge in [-0.25, -0.2) is 14.6 Å². The minimum absolute atomic E-state index is 0.164. The van der Waals surface area contributed by atoms with Gasteiger partial charge in [0.25, 0.3) is 0 Å². The molecule has 0 aromatic heterocycles. The van der Waals surface area contributed by atoms with Crippen molar-refractivity contribution in [2.24, 2.45) is 0 Å². The van der Waals surface area contributed by atoms with E-state index >= 15 is 0 Å². The minimum Gasteiger partial charge on any atom is -0.452 e. The molecule has 1 aromatic rings. The molecule has 0 atom stereocenters. The van der Waals surface area contributed by atoms with Crippen LogP contribution in [-0.2, 0) is 4.74 Å². The molecule has 0 spiro atoms. The second-order valence-electron chi connectivity index (χ2n) is 2.70. The molecule has 0 saturated heterocycles. The summed E-state index contributed by atoms with van der Waals surface area (Å²) in [5.41, 5.74) is 5.18. The maximum absolute atomic E-state index is 12.6. The number of hydrogen-bond acceptors (Lipinski definition) is 3. The van der Waals surface area contributed by atoms with E-state index in [0.29, 0.717) is 5.69 Å². The normalized spacial score (nSPS) is 9.12. The number of benzene rings is 1. The van der Waals surface area contributed by atoms with Gasteiger partial charge in [-0.2, -0.15) is 0 Å². The number of ether oxygens (including phenoxy) is 1. The molecule has 0 aliphatic heterocycles. The Hall–Kier alpha value is -1.89. The largest absolute Gasteiger partial charge is 0.452 e. The van der Waals surface area contributed by atoms with Crippen LogP contribution in [0.3, 0.4) is 0 Å². The Morgan fingerprint density at radius 2 is 1.94 bits per heavy atom. The molecule has 5 nitrogen and oxygen atoms in total. The highest BCUT2D eigenvalue weighted by Crippen LogP contribution is 2.07. The molecule has 3 N–H and O–H groups in total. The zero-order chi connectivity index (χ0) is 12.0. The minimum atomic E-state index is -0.664. The first-order valence-corrected chi connectivity index (χ1v) is 4.69. The molecule has 7 heteroatoms. The van der Waals surface area contributed by atoms with Gasteiger partial charge in [0.05, 0.1) is 7.11 Å². The van der Waals surface area contributed by atoms with Gasteiger partial charge in [-0.05, 0) is 36.5 Å². The first kappa shape index (κ1) is 12.2. The van der Waals surface area contributed by atoms with Crippen LogP contribution in [-0.4, -0.2) is 18.3 Å². The zero-order valence-electron chi connectivity index (χ0n) is 8.41. The third-order valence-electron chi connectivity index (χ3n) is 1.57. The molecule has 0 heterocycles. The number of hydrazine groups is 1. The summed E-state index contributed by atoms with van der Waals surface area (Å²) >= 11 is 4.85. The van der Waals surface area contributed by atoms with Crippen LogP contribution in [0.5, 0.6) is 0 Å². The number of thiocarbonyl (C=S) groups is 1. The topological polar surface area (TPSA) is 62.4 Å². The van der Waals surface area contributed by atoms with E-state index in [2.05, 4.69) is 20.9 Å². The van der Waals surface area contributed by atoms with Crippen LogP contribution in [0.4, 0.5) is 14.9 Å². The Balaban J connectivity index is 2.40. The standard InChI is InChI=1S/C9H10FN3O2S/c1-15-9(14)13-12-8(16)11-7-4-2-6(10)3-5-7/h2-5H,1H3,(H,13,14)(H2,11,12,16). The molecule has 0 unspecified atom stereocenters. The second-order valence-corrected chi connectivity index (χ2v) is 3.11. The molecular formula is C9H10FN3O2S. The van der Waals surface area contributed by atoms with Crippen molar-refractivity contribution in [3.8, 4) is 0 Å². The highest BCUT2D eigenvalue weighted by molar-refractivity contribution is 7.80. The number of amides is 1. The highest BCUT2D eigenvalue weighted by atomic mass is 32.1. The van der Waals surface area contributed by atoms with Gasteiger partial charge in [0, 0.05) is 5.69 Å². The first-order valence-electron chi connectivity index (χ1n) is 4.28. The molecule has 1 amide bonds. The summed E-state index contributed by atoms with van der Waals surface area (Å²) in [6.07, 6.45) is -0.664. The van der Waals surface area contributed by atoms with Crippen LogP contribution >= 0.6 is 12.2 Å². The van der Waals surface area contributed by atoms with Crippen LogP contribution in [0.1, 0.15) is 0 Å². The van der Waals surface area contributed by atoms with Gasteiger partial charge < -0.3 is 10.1 Å². The SMILES string of the molecule is COC(=O)NNC(=S)Nc1ccc(F)cc1. The van der Waals surface area contributed by atoms with Gasteiger partial charge in [0.1, 0.15) is 5.82 Å². The van der Waals surface area contributed by atoms with Crippen molar-refractivity contribution in [3.05, 3.63) is 30.1 Å². The van der Waals surface area contributed by atoms with Crippen molar-refractivity contribution in [1.29, 1.82) is 0 Å². The number of halogens is 1. The Kier molecular flexibility index (Phi) is 4.46. The lowest BCUT2D eigenvalue weighted by molar-refractivity contribution is 0.169. The van der Waals surface area contributed by atoms with Gasteiger partial charge in [0.15, 0.2) is 5.11 Å². The average Bonchev–Trinajstić information content (AvgIpc) is 2.29. The molecule has 0 fully saturated rings. The average molecular weight is 243 g/mol. The molecule has 86 valence electrons. The summed E-state index contributed by atoms with van der Waals surface area (Å²) in [5.74, 6) is -0.336. The molecule has 0 saturated carbocycles. The van der Waals surface area contributed by atoms with Crippen molar-refractivity contribution in [2.75, 3.05) is 12.4 Å². The smallest absolute Gasteiger partial charge is 0.425 e. The maximum Gasteiger partial charge on any atom is 0.425 e. The van der Waals surface area contributed by atoms with Crippen LogP contribution in [0.2, 0.25) is 0 Å². The van der Waals surface area contributed by atoms with E-state index in [0.717, 1.165) is 0 Å². The molecule has 1 aromatic carbocycles. The van der Waals surface area contributed by atoms with E-state index in [1.54, 1.807) is 0 Å². The number of methoxy groups -OCH3 is 1. The molecule has 0 aliphatic carbocycles. The lowest BCUT2D eigenvalue weighted by Crippen LogP contribution is -2.43. The predicted octanol–water partition coefficient (Wildman–Crippen LogP) is 1.38. The van der Waals surface area contributed by atoms with Gasteiger partial charge in [0.2, 0.25) is 0 Å². The molecule has 1 rings (SSSR count). The predicted molar refractivity (Wildman–Crippen MR) is 61.3 cm³/mol. The van der Waals surface area contributed by atoms with E-state index in [9.17, 15) is 9.18 Å². The lowest BCUT2D eigenvalue weighted by atomic mass is 10.3. The second kappa shape index (κ2) is 5.86. The van der Waals surface area contributed by atoms with Gasteiger partial charge >= 0.3 is 6.09 Å². The van der Waals surface area contributed by atoms with E-state index in [-0.39, 0.29) is 10.9 Å². The third kappa shape index (κ3) is 4.09. The maximum atomic E-state index is 12.6. The van der Waals surface area contributed by atoms with Gasteiger partial charge in [-0.15, -0.1) is 0 Å². The van der Waals surface area contributed by atoms with Crippen molar-refractivity contribution in [3.63, 3.8) is 0 Å². The van der Waals surface area contributed by atoms with E-state index in [1.165, 1.54) is 31.4 Å². The summed E-state index contributed by atoms with van der Waals surface area (Å²) in [7, 11) is 1.23. The summed E-state index contributed by atoms with van der Waals surface area (Å²) in [5, 5.41) is 2.90. The summed E-state index contributed by atoms with van der Waals surface area (Å²) in [6, 6.07) is 5.61. The summed E-state index contributed by atoms with van der Waals surface area (Å²) in [4.78, 5) is 10.7. The lowest BCUT2D eigenvalue weighted by Gasteiger charge is -2.10. The summed E-state index contributed by atoms with van der Waals surface area (Å²) in [6.45, 7) is 0. The highest BCUT2D eigenvalue weighted by Gasteiger charge is 2.00. The fourth-order valence-electron chi connectivity index (χ4n) is 0.854. The van der Waals surface area contributed by atoms with Crippen molar-refractivity contribution in [2.45, 2.75) is 0 Å². The monoisotopic (exact) mass is 243 g/mol. The number of carbonyl (C=O) groups excluding carboxylic acids is 1. The van der Waals surface area contributed by atoms with E-state index in [4.69, 9.17) is 12.2 Å². The quantitative estimate of drug-likeness (QED) is 0.514. The number of rotatable bonds is 1. The summed E-state index contributed by atoms with van der Waals surface area (Å²) < 4.78 is 16.9. The number of anilines is 1. The Morgan fingerprint density at radius 1 is 1.31 bits per heavy atom. The van der Waals surface area contributed by atoms with Gasteiger partial charge in [-0.1, -0.05) is 0 Å². The molecule has 0 aliphatic rings. The fourth-order valence-corrected chi connectivity index (χ4v) is 1.02. The first-order chi connectivity index (χ1) is 7.61. The number of nitrogens with one attached hydrogen (secondary N) is 3. The fraction of sp³-hybridized carbons (Fsp3) is 0.111. The molecular weight excluding hydrogens is 233 g/mol. The molecule has 0 radical (unpaired) electrons. The van der Waals surface area contributed by atoms with Crippen LogP contribution in [0, 0.1) is 5.82 Å². The van der Waals surface area contributed by atoms with E-state index < -0.39 is 6.09 Å². The van der Waals surface area contributed by atoms with Crippen LogP contribution < -0.4 is 16.2 Å². The van der Waals surface area contributed by atoms with Crippen molar-refractivity contribution in [1.82, 2.24) is 10.9 Å². The van der Waals surface area contributed by atoms with Crippen molar-refractivity contribution < 1.29 is 13.9 Å². The Morgan fingerprint density at radius 3 is 2.50 bits per heavy atom.